The molecule has 1 aromatic carbocycles. The molecule has 8 heteroatoms. The first-order chi connectivity index (χ1) is 14.2. The van der Waals surface area contributed by atoms with Crippen molar-refractivity contribution in [2.45, 2.75) is 37.0 Å². The Balaban J connectivity index is 1.57. The Morgan fingerprint density at radius 1 is 1.28 bits per heavy atom. The van der Waals surface area contributed by atoms with Crippen LogP contribution in [0.15, 0.2) is 41.7 Å². The van der Waals surface area contributed by atoms with Crippen molar-refractivity contribution >= 4 is 17.7 Å². The highest BCUT2D eigenvalue weighted by Gasteiger charge is 2.29. The lowest BCUT2D eigenvalue weighted by molar-refractivity contribution is 0.475. The number of phenols is 1. The second-order valence-electron chi connectivity index (χ2n) is 7.63. The van der Waals surface area contributed by atoms with Gasteiger partial charge in [0.25, 0.3) is 0 Å². The maximum atomic E-state index is 9.98. The number of hydrogen-bond acceptors (Lipinski definition) is 7. The molecule has 29 heavy (non-hydrogen) atoms. The highest BCUT2D eigenvalue weighted by Crippen LogP contribution is 2.43. The van der Waals surface area contributed by atoms with Crippen LogP contribution in [0.2, 0.25) is 0 Å². The van der Waals surface area contributed by atoms with Gasteiger partial charge in [-0.2, -0.15) is 0 Å². The summed E-state index contributed by atoms with van der Waals surface area (Å²) in [7, 11) is 0. The number of fused-ring (bicyclic) bond motifs is 1. The number of imidazole rings is 1. The first-order valence-electron chi connectivity index (χ1n) is 10.0. The number of thioether (sulfide) groups is 1. The number of piperidine rings is 1. The zero-order valence-electron chi connectivity index (χ0n) is 16.3. The van der Waals surface area contributed by atoms with Crippen LogP contribution in [0.1, 0.15) is 25.8 Å². The van der Waals surface area contributed by atoms with Crippen LogP contribution in [0, 0.1) is 0 Å². The number of phenolic OH excluding ortho intramolecular Hbond substituents is 1. The van der Waals surface area contributed by atoms with Crippen molar-refractivity contribution in [1.82, 2.24) is 24.8 Å². The molecule has 2 aliphatic heterocycles. The van der Waals surface area contributed by atoms with Gasteiger partial charge in [0.1, 0.15) is 5.75 Å². The normalized spacial score (nSPS) is 21.1. The molecule has 0 amide bonds. The van der Waals surface area contributed by atoms with Crippen molar-refractivity contribution in [2.24, 2.45) is 0 Å². The van der Waals surface area contributed by atoms with E-state index in [0.29, 0.717) is 18.0 Å². The third-order valence-corrected chi connectivity index (χ3v) is 6.62. The lowest BCUT2D eigenvalue weighted by atomic mass is 10.1. The van der Waals surface area contributed by atoms with Crippen molar-refractivity contribution in [3.05, 3.63) is 36.5 Å². The first-order valence-corrected chi connectivity index (χ1v) is 11.0. The first kappa shape index (κ1) is 18.4. The molecule has 1 fully saturated rings. The summed E-state index contributed by atoms with van der Waals surface area (Å²) in [6.45, 7) is 4.21. The van der Waals surface area contributed by atoms with Gasteiger partial charge in [0, 0.05) is 36.1 Å². The maximum Gasteiger partial charge on any atom is 0.223 e. The molecular weight excluding hydrogens is 384 g/mol. The number of nitrogens with zero attached hydrogens (tertiary/aromatic N) is 4. The maximum absolute atomic E-state index is 9.98. The number of aromatic nitrogens is 4. The zero-order chi connectivity index (χ0) is 19.8. The summed E-state index contributed by atoms with van der Waals surface area (Å²) in [6, 6.07) is 9.87. The smallest absolute Gasteiger partial charge is 0.223 e. The van der Waals surface area contributed by atoms with E-state index in [0.717, 1.165) is 59.5 Å². The van der Waals surface area contributed by atoms with Gasteiger partial charge in [0.05, 0.1) is 17.1 Å². The Kier molecular flexibility index (Phi) is 4.89. The number of rotatable bonds is 4. The average Bonchev–Trinajstić information content (AvgIpc) is 3.29. The molecule has 3 N–H and O–H groups in total. The van der Waals surface area contributed by atoms with E-state index < -0.39 is 0 Å². The van der Waals surface area contributed by atoms with Crippen LogP contribution in [0.4, 0.5) is 5.95 Å². The van der Waals surface area contributed by atoms with E-state index >= 15 is 0 Å². The summed E-state index contributed by atoms with van der Waals surface area (Å²) in [5.74, 6) is 1.88. The SMILES string of the molecule is CC1CSc2nc(-c3cccc(O)c3)c(-c3ccnc(N[C@@H]4CCCNC4)n3)n21. The standard InChI is InChI=1S/C21H24N6OS/c1-13-12-29-21-26-18(14-4-2-6-16(28)10-14)19(27(13)21)17-7-9-23-20(25-17)24-15-5-3-8-22-11-15/h2,4,6-7,9-10,13,15,22,28H,3,5,8,11-12H2,1H3,(H,23,24,25)/t13?,15-/m1/s1. The Bertz CT molecular complexity index is 1030. The van der Waals surface area contributed by atoms with E-state index in [1.54, 1.807) is 30.1 Å². The molecule has 1 unspecified atom stereocenters. The minimum atomic E-state index is 0.233. The molecule has 150 valence electrons. The summed E-state index contributed by atoms with van der Waals surface area (Å²) in [4.78, 5) is 14.2. The Hall–Kier alpha value is -2.58. The number of anilines is 1. The predicted octanol–water partition coefficient (Wildman–Crippen LogP) is 3.54. The van der Waals surface area contributed by atoms with E-state index in [-0.39, 0.29) is 5.75 Å². The fourth-order valence-corrected chi connectivity index (χ4v) is 5.12. The van der Waals surface area contributed by atoms with Gasteiger partial charge in [-0.05, 0) is 44.5 Å². The topological polar surface area (TPSA) is 87.9 Å². The molecule has 5 rings (SSSR count). The molecule has 2 atom stereocenters. The fourth-order valence-electron chi connectivity index (χ4n) is 4.01. The van der Waals surface area contributed by atoms with Gasteiger partial charge < -0.3 is 20.3 Å². The highest BCUT2D eigenvalue weighted by molar-refractivity contribution is 7.99. The largest absolute Gasteiger partial charge is 0.508 e. The number of aromatic hydroxyl groups is 1. The van der Waals surface area contributed by atoms with Gasteiger partial charge in [-0.3, -0.25) is 0 Å². The van der Waals surface area contributed by atoms with E-state index in [2.05, 4.69) is 27.1 Å². The van der Waals surface area contributed by atoms with Crippen molar-refractivity contribution in [3.63, 3.8) is 0 Å². The zero-order valence-corrected chi connectivity index (χ0v) is 17.1. The summed E-state index contributed by atoms with van der Waals surface area (Å²) in [5.41, 5.74) is 3.56. The van der Waals surface area contributed by atoms with Crippen LogP contribution in [-0.4, -0.2) is 49.5 Å². The minimum absolute atomic E-state index is 0.233. The molecule has 0 spiro atoms. The Morgan fingerprint density at radius 3 is 3.03 bits per heavy atom. The van der Waals surface area contributed by atoms with Gasteiger partial charge >= 0.3 is 0 Å². The van der Waals surface area contributed by atoms with Crippen LogP contribution in [-0.2, 0) is 0 Å². The molecule has 1 saturated heterocycles. The van der Waals surface area contributed by atoms with Crippen molar-refractivity contribution in [2.75, 3.05) is 24.2 Å². The van der Waals surface area contributed by atoms with Gasteiger partial charge in [-0.25, -0.2) is 15.0 Å². The molecule has 0 aliphatic carbocycles. The molecular formula is C21H24N6OS. The number of nitrogens with one attached hydrogen (secondary N) is 2. The molecule has 3 aromatic rings. The molecule has 0 bridgehead atoms. The second-order valence-corrected chi connectivity index (χ2v) is 8.61. The van der Waals surface area contributed by atoms with Crippen molar-refractivity contribution < 1.29 is 5.11 Å². The highest BCUT2D eigenvalue weighted by atomic mass is 32.2. The van der Waals surface area contributed by atoms with Gasteiger partial charge in [-0.15, -0.1) is 0 Å². The van der Waals surface area contributed by atoms with Crippen LogP contribution in [0.3, 0.4) is 0 Å². The Morgan fingerprint density at radius 2 is 2.21 bits per heavy atom. The van der Waals surface area contributed by atoms with Gasteiger partial charge in [-0.1, -0.05) is 23.9 Å². The van der Waals surface area contributed by atoms with E-state index in [1.807, 2.05) is 18.2 Å². The van der Waals surface area contributed by atoms with Gasteiger partial charge in [0.15, 0.2) is 5.16 Å². The van der Waals surface area contributed by atoms with Crippen LogP contribution < -0.4 is 10.6 Å². The molecule has 2 aromatic heterocycles. The molecule has 0 radical (unpaired) electrons. The minimum Gasteiger partial charge on any atom is -0.508 e. The average molecular weight is 409 g/mol. The van der Waals surface area contributed by atoms with Crippen molar-refractivity contribution in [1.29, 1.82) is 0 Å². The van der Waals surface area contributed by atoms with Crippen LogP contribution in [0.25, 0.3) is 22.6 Å². The monoisotopic (exact) mass is 408 g/mol. The van der Waals surface area contributed by atoms with Crippen molar-refractivity contribution in [3.8, 4) is 28.4 Å². The lowest BCUT2D eigenvalue weighted by Gasteiger charge is -2.23. The van der Waals surface area contributed by atoms with Gasteiger partial charge in [0.2, 0.25) is 5.95 Å². The summed E-state index contributed by atoms with van der Waals surface area (Å²) in [5, 5.41) is 17.9. The number of benzene rings is 1. The molecule has 7 nitrogen and oxygen atoms in total. The lowest BCUT2D eigenvalue weighted by Crippen LogP contribution is -2.38. The molecule has 0 saturated carbocycles. The summed E-state index contributed by atoms with van der Waals surface area (Å²) >= 11 is 1.76. The van der Waals surface area contributed by atoms with Crippen LogP contribution >= 0.6 is 11.8 Å². The summed E-state index contributed by atoms with van der Waals surface area (Å²) < 4.78 is 2.26. The quantitative estimate of drug-likeness (QED) is 0.608. The van der Waals surface area contributed by atoms with E-state index in [1.165, 1.54) is 0 Å². The third kappa shape index (κ3) is 3.58. The number of hydrogen-bond donors (Lipinski definition) is 3. The molecule has 4 heterocycles. The van der Waals surface area contributed by atoms with E-state index in [9.17, 15) is 5.11 Å². The Labute approximate surface area is 174 Å². The fraction of sp³-hybridized carbons (Fsp3) is 0.381. The molecule has 2 aliphatic rings. The second kappa shape index (κ2) is 7.68. The van der Waals surface area contributed by atoms with E-state index in [4.69, 9.17) is 9.97 Å². The predicted molar refractivity (Wildman–Crippen MR) is 115 cm³/mol. The van der Waals surface area contributed by atoms with Crippen LogP contribution in [0.5, 0.6) is 5.75 Å². The summed E-state index contributed by atoms with van der Waals surface area (Å²) in [6.07, 6.45) is 4.08. The third-order valence-electron chi connectivity index (χ3n) is 5.42.